The number of anilines is 1. The van der Waals surface area contributed by atoms with E-state index in [4.69, 9.17) is 0 Å². The predicted octanol–water partition coefficient (Wildman–Crippen LogP) is 4.91. The van der Waals surface area contributed by atoms with E-state index in [9.17, 15) is 19.7 Å². The number of aryl methyl sites for hydroxylation is 2. The van der Waals surface area contributed by atoms with Crippen LogP contribution in [-0.4, -0.2) is 21.6 Å². The number of nitrogens with zero attached hydrogens (tertiary/aromatic N) is 2. The van der Waals surface area contributed by atoms with Crippen LogP contribution in [0.5, 0.6) is 0 Å². The van der Waals surface area contributed by atoms with Gasteiger partial charge >= 0.3 is 0 Å². The second-order valence-corrected chi connectivity index (χ2v) is 8.11. The van der Waals surface area contributed by atoms with E-state index in [1.165, 1.54) is 29.2 Å². The van der Waals surface area contributed by atoms with Gasteiger partial charge in [0.05, 0.1) is 17.0 Å². The number of carbonyl (C=O) groups excluding carboxylic acids is 2. The predicted molar refractivity (Wildman–Crippen MR) is 126 cm³/mol. The summed E-state index contributed by atoms with van der Waals surface area (Å²) in [6.07, 6.45) is 0. The number of amides is 2. The Hall–Kier alpha value is -4.26. The van der Waals surface area contributed by atoms with Crippen molar-refractivity contribution in [2.24, 2.45) is 0 Å². The summed E-state index contributed by atoms with van der Waals surface area (Å²) in [4.78, 5) is 38.6. The number of imide groups is 1. The summed E-state index contributed by atoms with van der Waals surface area (Å²) in [5, 5.41) is 14.2. The highest BCUT2D eigenvalue weighted by atomic mass is 16.6. The Morgan fingerprint density at radius 3 is 2.18 bits per heavy atom. The van der Waals surface area contributed by atoms with Crippen molar-refractivity contribution in [2.75, 3.05) is 5.32 Å². The molecule has 33 heavy (non-hydrogen) atoms. The van der Waals surface area contributed by atoms with Gasteiger partial charge in [0.25, 0.3) is 17.5 Å². The van der Waals surface area contributed by atoms with Gasteiger partial charge in [-0.3, -0.25) is 24.6 Å². The highest BCUT2D eigenvalue weighted by Gasteiger charge is 2.39. The van der Waals surface area contributed by atoms with Gasteiger partial charge in [-0.25, -0.2) is 0 Å². The third-order valence-electron chi connectivity index (χ3n) is 5.86. The molecule has 0 aromatic heterocycles. The van der Waals surface area contributed by atoms with Crippen molar-refractivity contribution in [3.63, 3.8) is 0 Å². The van der Waals surface area contributed by atoms with Crippen LogP contribution in [0, 0.1) is 30.9 Å². The average Bonchev–Trinajstić information content (AvgIpc) is 3.02. The molecule has 0 bridgehead atoms. The molecule has 3 aromatic carbocycles. The molecule has 7 nitrogen and oxygen atoms in total. The van der Waals surface area contributed by atoms with E-state index < -0.39 is 16.7 Å². The molecular weight excluding hydrogens is 418 g/mol. The second-order valence-electron chi connectivity index (χ2n) is 8.11. The lowest BCUT2D eigenvalue weighted by Crippen LogP contribution is -2.32. The molecule has 0 unspecified atom stereocenters. The molecule has 0 saturated heterocycles. The third-order valence-corrected chi connectivity index (χ3v) is 5.86. The summed E-state index contributed by atoms with van der Waals surface area (Å²) in [7, 11) is 0. The molecule has 1 N–H and O–H groups in total. The monoisotopic (exact) mass is 441 g/mol. The number of nitro groups is 1. The number of nitro benzene ring substituents is 1. The van der Waals surface area contributed by atoms with Crippen molar-refractivity contribution >= 4 is 28.8 Å². The number of rotatable bonds is 6. The zero-order chi connectivity index (χ0) is 23.7. The van der Waals surface area contributed by atoms with Gasteiger partial charge in [0.15, 0.2) is 0 Å². The minimum absolute atomic E-state index is 0.0864. The molecule has 0 fully saturated rings. The van der Waals surface area contributed by atoms with Gasteiger partial charge in [-0.15, -0.1) is 0 Å². The van der Waals surface area contributed by atoms with E-state index in [2.05, 4.69) is 5.32 Å². The SMILES string of the molecule is Cc1ccc(CN2C(=O)C(Nc3cccc(C)c3C)=C(c3ccc([N+](=O)[O-])cc3)C2=O)cc1. The van der Waals surface area contributed by atoms with Crippen LogP contribution in [0.4, 0.5) is 11.4 Å². The van der Waals surface area contributed by atoms with Gasteiger partial charge in [-0.1, -0.05) is 42.0 Å². The first-order valence-electron chi connectivity index (χ1n) is 10.5. The fraction of sp³-hybridized carbons (Fsp3) is 0.154. The second kappa shape index (κ2) is 8.70. The Labute approximate surface area is 191 Å². The van der Waals surface area contributed by atoms with Gasteiger partial charge in [-0.05, 0) is 61.2 Å². The van der Waals surface area contributed by atoms with Crippen LogP contribution in [0.15, 0.2) is 72.4 Å². The van der Waals surface area contributed by atoms with Gasteiger partial charge in [0, 0.05) is 17.8 Å². The smallest absolute Gasteiger partial charge is 0.278 e. The standard InChI is InChI=1S/C26H23N3O4/c1-16-7-9-19(10-8-16)15-28-25(30)23(20-11-13-21(14-12-20)29(32)33)24(26(28)31)27-22-6-4-5-17(2)18(22)3/h4-14,27H,15H2,1-3H3. The number of nitrogens with one attached hydrogen (secondary N) is 1. The molecule has 1 aliphatic rings. The summed E-state index contributed by atoms with van der Waals surface area (Å²) in [6.45, 7) is 6.01. The number of benzene rings is 3. The first-order chi connectivity index (χ1) is 15.8. The van der Waals surface area contributed by atoms with Crippen LogP contribution >= 0.6 is 0 Å². The lowest BCUT2D eigenvalue weighted by Gasteiger charge is -2.16. The van der Waals surface area contributed by atoms with E-state index in [0.717, 1.165) is 27.9 Å². The van der Waals surface area contributed by atoms with Crippen LogP contribution in [0.2, 0.25) is 0 Å². The first kappa shape index (κ1) is 22.0. The molecule has 0 atom stereocenters. The molecule has 7 heteroatoms. The topological polar surface area (TPSA) is 92.6 Å². The number of carbonyl (C=O) groups is 2. The van der Waals surface area contributed by atoms with Gasteiger partial charge in [-0.2, -0.15) is 0 Å². The summed E-state index contributed by atoms with van der Waals surface area (Å²) in [5.41, 5.74) is 5.37. The Morgan fingerprint density at radius 1 is 0.879 bits per heavy atom. The third kappa shape index (κ3) is 4.25. The number of hydrogen-bond donors (Lipinski definition) is 1. The largest absolute Gasteiger partial charge is 0.350 e. The van der Waals surface area contributed by atoms with Crippen molar-refractivity contribution in [3.05, 3.63) is 110 Å². The molecule has 1 heterocycles. The Balaban J connectivity index is 1.77. The molecule has 3 aromatic rings. The van der Waals surface area contributed by atoms with E-state index >= 15 is 0 Å². The van der Waals surface area contributed by atoms with Gasteiger partial charge < -0.3 is 5.32 Å². The zero-order valence-corrected chi connectivity index (χ0v) is 18.6. The minimum atomic E-state index is -0.501. The van der Waals surface area contributed by atoms with Gasteiger partial charge in [0.1, 0.15) is 5.70 Å². The lowest BCUT2D eigenvalue weighted by atomic mass is 10.0. The molecule has 2 amide bonds. The average molecular weight is 441 g/mol. The summed E-state index contributed by atoms with van der Waals surface area (Å²) in [5.74, 6) is -0.878. The quantitative estimate of drug-likeness (QED) is 0.333. The Kier molecular flexibility index (Phi) is 5.79. The van der Waals surface area contributed by atoms with Crippen molar-refractivity contribution < 1.29 is 14.5 Å². The maximum absolute atomic E-state index is 13.4. The summed E-state index contributed by atoms with van der Waals surface area (Å²) >= 11 is 0. The fourth-order valence-corrected chi connectivity index (χ4v) is 3.75. The van der Waals surface area contributed by atoms with Crippen molar-refractivity contribution in [2.45, 2.75) is 27.3 Å². The molecule has 1 aliphatic heterocycles. The minimum Gasteiger partial charge on any atom is -0.350 e. The normalized spacial score (nSPS) is 13.6. The summed E-state index contributed by atoms with van der Waals surface area (Å²) in [6, 6.07) is 19.0. The highest BCUT2D eigenvalue weighted by Crippen LogP contribution is 2.33. The maximum Gasteiger partial charge on any atom is 0.278 e. The Bertz CT molecular complexity index is 1290. The van der Waals surface area contributed by atoms with Crippen LogP contribution in [0.25, 0.3) is 5.57 Å². The van der Waals surface area contributed by atoms with Crippen LogP contribution in [0.1, 0.15) is 27.8 Å². The molecule has 0 aliphatic carbocycles. The number of hydrogen-bond acceptors (Lipinski definition) is 5. The molecule has 0 spiro atoms. The Morgan fingerprint density at radius 2 is 1.55 bits per heavy atom. The zero-order valence-electron chi connectivity index (χ0n) is 18.6. The lowest BCUT2D eigenvalue weighted by molar-refractivity contribution is -0.384. The van der Waals surface area contributed by atoms with Crippen LogP contribution in [0.3, 0.4) is 0 Å². The summed E-state index contributed by atoms with van der Waals surface area (Å²) < 4.78 is 0. The fourth-order valence-electron chi connectivity index (χ4n) is 3.75. The van der Waals surface area contributed by atoms with E-state index in [0.29, 0.717) is 5.56 Å². The maximum atomic E-state index is 13.4. The molecule has 0 radical (unpaired) electrons. The van der Waals surface area contributed by atoms with E-state index in [1.54, 1.807) is 0 Å². The van der Waals surface area contributed by atoms with Crippen LogP contribution in [-0.2, 0) is 16.1 Å². The molecule has 4 rings (SSSR count). The van der Waals surface area contributed by atoms with Crippen molar-refractivity contribution in [3.8, 4) is 0 Å². The molecule has 0 saturated carbocycles. The van der Waals surface area contributed by atoms with E-state index in [-0.39, 0.29) is 23.5 Å². The van der Waals surface area contributed by atoms with Crippen LogP contribution < -0.4 is 5.32 Å². The molecular formula is C26H23N3O4. The van der Waals surface area contributed by atoms with Crippen molar-refractivity contribution in [1.29, 1.82) is 0 Å². The highest BCUT2D eigenvalue weighted by molar-refractivity contribution is 6.36. The van der Waals surface area contributed by atoms with E-state index in [1.807, 2.05) is 63.2 Å². The van der Waals surface area contributed by atoms with Crippen molar-refractivity contribution in [1.82, 2.24) is 4.90 Å². The first-order valence-corrected chi connectivity index (χ1v) is 10.5. The van der Waals surface area contributed by atoms with Gasteiger partial charge in [0.2, 0.25) is 0 Å². The molecule has 166 valence electrons. The number of non-ortho nitro benzene ring substituents is 1.